The van der Waals surface area contributed by atoms with Gasteiger partial charge in [0.2, 0.25) is 0 Å². The molecular weight excluding hydrogens is 174 g/mol. The minimum absolute atomic E-state index is 0.439. The third-order valence-corrected chi connectivity index (χ3v) is 3.61. The summed E-state index contributed by atoms with van der Waals surface area (Å²) in [6.45, 7) is 6.58. The summed E-state index contributed by atoms with van der Waals surface area (Å²) in [6.07, 6.45) is 7.25. The molecule has 0 radical (unpaired) electrons. The lowest BCUT2D eigenvalue weighted by atomic mass is 9.87. The number of rotatable bonds is 4. The van der Waals surface area contributed by atoms with Crippen LogP contribution in [0.1, 0.15) is 39.0 Å². The third kappa shape index (κ3) is 2.71. The van der Waals surface area contributed by atoms with Crippen molar-refractivity contribution in [3.05, 3.63) is 0 Å². The molecule has 1 aliphatic carbocycles. The second kappa shape index (κ2) is 4.63. The quantitative estimate of drug-likeness (QED) is 0.746. The summed E-state index contributed by atoms with van der Waals surface area (Å²) >= 11 is 0. The largest absolute Gasteiger partial charge is 0.380 e. The Kier molecular flexibility index (Phi) is 3.45. The fourth-order valence-corrected chi connectivity index (χ4v) is 2.52. The van der Waals surface area contributed by atoms with Gasteiger partial charge in [-0.2, -0.15) is 0 Å². The highest BCUT2D eigenvalue weighted by atomic mass is 16.5. The molecule has 0 unspecified atom stereocenters. The van der Waals surface area contributed by atoms with E-state index in [2.05, 4.69) is 12.2 Å². The van der Waals surface area contributed by atoms with Crippen LogP contribution in [0.2, 0.25) is 0 Å². The molecule has 1 saturated carbocycles. The third-order valence-electron chi connectivity index (χ3n) is 3.61. The van der Waals surface area contributed by atoms with E-state index in [0.29, 0.717) is 5.41 Å². The summed E-state index contributed by atoms with van der Waals surface area (Å²) in [5, 5.41) is 3.62. The maximum Gasteiger partial charge on any atom is 0.0554 e. The first-order valence-electron chi connectivity index (χ1n) is 6.07. The van der Waals surface area contributed by atoms with Gasteiger partial charge in [-0.25, -0.2) is 0 Å². The van der Waals surface area contributed by atoms with E-state index in [0.717, 1.165) is 25.7 Å². The smallest absolute Gasteiger partial charge is 0.0554 e. The summed E-state index contributed by atoms with van der Waals surface area (Å²) in [6, 6.07) is 0. The Bertz CT molecular complexity index is 171. The van der Waals surface area contributed by atoms with Crippen LogP contribution in [0.3, 0.4) is 0 Å². The molecule has 0 aromatic carbocycles. The first kappa shape index (κ1) is 10.4. The highest BCUT2D eigenvalue weighted by Crippen LogP contribution is 2.26. The van der Waals surface area contributed by atoms with Crippen LogP contribution >= 0.6 is 0 Å². The number of hydrogen-bond acceptors (Lipinski definition) is 2. The van der Waals surface area contributed by atoms with Crippen molar-refractivity contribution in [2.24, 2.45) is 11.3 Å². The van der Waals surface area contributed by atoms with E-state index in [1.54, 1.807) is 0 Å². The van der Waals surface area contributed by atoms with E-state index in [-0.39, 0.29) is 0 Å². The maximum absolute atomic E-state index is 5.24. The monoisotopic (exact) mass is 197 g/mol. The molecular formula is C12H23NO. The van der Waals surface area contributed by atoms with E-state index in [1.807, 2.05) is 0 Å². The highest BCUT2D eigenvalue weighted by molar-refractivity contribution is 4.83. The van der Waals surface area contributed by atoms with Gasteiger partial charge < -0.3 is 10.1 Å². The van der Waals surface area contributed by atoms with Crippen molar-refractivity contribution in [1.82, 2.24) is 5.32 Å². The van der Waals surface area contributed by atoms with Crippen LogP contribution in [0.5, 0.6) is 0 Å². The lowest BCUT2D eigenvalue weighted by Crippen LogP contribution is -2.48. The normalized spacial score (nSPS) is 27.2. The van der Waals surface area contributed by atoms with Crippen LogP contribution in [-0.4, -0.2) is 26.3 Å². The van der Waals surface area contributed by atoms with Crippen molar-refractivity contribution >= 4 is 0 Å². The minimum atomic E-state index is 0.439. The van der Waals surface area contributed by atoms with Gasteiger partial charge in [0.05, 0.1) is 13.2 Å². The van der Waals surface area contributed by atoms with Crippen LogP contribution < -0.4 is 5.32 Å². The second-order valence-electron chi connectivity index (χ2n) is 5.44. The van der Waals surface area contributed by atoms with Gasteiger partial charge in [0.15, 0.2) is 0 Å². The molecule has 0 bridgehead atoms. The van der Waals surface area contributed by atoms with Gasteiger partial charge in [-0.05, 0) is 25.3 Å². The standard InChI is InChI=1S/C12H23NO/c1-12(9-14-10-12)8-13-7-11-5-3-2-4-6-11/h11,13H,2-10H2,1H3. The van der Waals surface area contributed by atoms with E-state index in [4.69, 9.17) is 4.74 Å². The highest BCUT2D eigenvalue weighted by Gasteiger charge is 2.32. The molecule has 0 aromatic heterocycles. The molecule has 2 heteroatoms. The Morgan fingerprint density at radius 1 is 1.21 bits per heavy atom. The van der Waals surface area contributed by atoms with Gasteiger partial charge in [0.1, 0.15) is 0 Å². The van der Waals surface area contributed by atoms with Gasteiger partial charge in [-0.3, -0.25) is 0 Å². The Balaban J connectivity index is 1.57. The zero-order chi connectivity index (χ0) is 9.86. The topological polar surface area (TPSA) is 21.3 Å². The van der Waals surface area contributed by atoms with Crippen molar-refractivity contribution in [3.63, 3.8) is 0 Å². The SMILES string of the molecule is CC1(CNCC2CCCCC2)COC1. The summed E-state index contributed by atoms with van der Waals surface area (Å²) in [4.78, 5) is 0. The fraction of sp³-hybridized carbons (Fsp3) is 1.00. The molecule has 1 saturated heterocycles. The zero-order valence-electron chi connectivity index (χ0n) is 9.35. The van der Waals surface area contributed by atoms with Crippen molar-refractivity contribution in [2.45, 2.75) is 39.0 Å². The van der Waals surface area contributed by atoms with Gasteiger partial charge in [-0.1, -0.05) is 26.2 Å². The Morgan fingerprint density at radius 3 is 2.50 bits per heavy atom. The molecule has 2 nitrogen and oxygen atoms in total. The Morgan fingerprint density at radius 2 is 1.93 bits per heavy atom. The van der Waals surface area contributed by atoms with Gasteiger partial charge in [-0.15, -0.1) is 0 Å². The number of hydrogen-bond donors (Lipinski definition) is 1. The molecule has 2 rings (SSSR count). The number of ether oxygens (including phenoxy) is 1. The van der Waals surface area contributed by atoms with Gasteiger partial charge >= 0.3 is 0 Å². The predicted molar refractivity (Wildman–Crippen MR) is 58.4 cm³/mol. The van der Waals surface area contributed by atoms with Crippen LogP contribution in [0.25, 0.3) is 0 Å². The van der Waals surface area contributed by atoms with E-state index >= 15 is 0 Å². The van der Waals surface area contributed by atoms with Crippen molar-refractivity contribution in [3.8, 4) is 0 Å². The van der Waals surface area contributed by atoms with Crippen LogP contribution in [0.15, 0.2) is 0 Å². The first-order valence-corrected chi connectivity index (χ1v) is 6.07. The zero-order valence-corrected chi connectivity index (χ0v) is 9.35. The summed E-state index contributed by atoms with van der Waals surface area (Å²) in [5.74, 6) is 0.952. The molecule has 82 valence electrons. The van der Waals surface area contributed by atoms with E-state index in [9.17, 15) is 0 Å². The average Bonchev–Trinajstić information content (AvgIpc) is 2.17. The van der Waals surface area contributed by atoms with Gasteiger partial charge in [0.25, 0.3) is 0 Å². The molecule has 1 N–H and O–H groups in total. The van der Waals surface area contributed by atoms with Crippen LogP contribution in [0.4, 0.5) is 0 Å². The molecule has 0 aromatic rings. The molecule has 2 aliphatic rings. The molecule has 0 amide bonds. The lowest BCUT2D eigenvalue weighted by Gasteiger charge is -2.38. The van der Waals surface area contributed by atoms with Crippen LogP contribution in [-0.2, 0) is 4.74 Å². The molecule has 14 heavy (non-hydrogen) atoms. The van der Waals surface area contributed by atoms with E-state index in [1.165, 1.54) is 38.6 Å². The molecule has 0 spiro atoms. The molecule has 1 heterocycles. The lowest BCUT2D eigenvalue weighted by molar-refractivity contribution is -0.0993. The first-order chi connectivity index (χ1) is 6.79. The van der Waals surface area contributed by atoms with Crippen molar-refractivity contribution in [1.29, 1.82) is 0 Å². The molecule has 1 aliphatic heterocycles. The molecule has 0 atom stereocenters. The summed E-state index contributed by atoms with van der Waals surface area (Å²) in [5.41, 5.74) is 0.439. The Labute approximate surface area is 87.4 Å². The van der Waals surface area contributed by atoms with Crippen molar-refractivity contribution < 1.29 is 4.74 Å². The van der Waals surface area contributed by atoms with Crippen molar-refractivity contribution in [2.75, 3.05) is 26.3 Å². The minimum Gasteiger partial charge on any atom is -0.380 e. The fourth-order valence-electron chi connectivity index (χ4n) is 2.52. The molecule has 2 fully saturated rings. The predicted octanol–water partition coefficient (Wildman–Crippen LogP) is 2.19. The average molecular weight is 197 g/mol. The Hall–Kier alpha value is -0.0800. The maximum atomic E-state index is 5.24. The second-order valence-corrected chi connectivity index (χ2v) is 5.44. The summed E-state index contributed by atoms with van der Waals surface area (Å²) in [7, 11) is 0. The van der Waals surface area contributed by atoms with Crippen LogP contribution in [0, 0.1) is 11.3 Å². The van der Waals surface area contributed by atoms with Gasteiger partial charge in [0, 0.05) is 12.0 Å². The number of nitrogens with one attached hydrogen (secondary N) is 1. The summed E-state index contributed by atoms with van der Waals surface area (Å²) < 4.78 is 5.24. The van der Waals surface area contributed by atoms with E-state index < -0.39 is 0 Å².